The lowest BCUT2D eigenvalue weighted by Crippen LogP contribution is -2.60. The second kappa shape index (κ2) is 5.79. The van der Waals surface area contributed by atoms with Crippen molar-refractivity contribution in [2.75, 3.05) is 43.9 Å². The SMILES string of the molecule is CS(=O)(=O)N1CCO[C@@]2(CCCN(c3cccc(F)c3)C2)C1. The van der Waals surface area contributed by atoms with Crippen molar-refractivity contribution >= 4 is 15.7 Å². The Hall–Kier alpha value is -1.18. The van der Waals surface area contributed by atoms with Gasteiger partial charge in [-0.1, -0.05) is 6.07 Å². The van der Waals surface area contributed by atoms with E-state index in [4.69, 9.17) is 4.74 Å². The highest BCUT2D eigenvalue weighted by molar-refractivity contribution is 7.88. The molecule has 122 valence electrons. The average Bonchev–Trinajstić information content (AvgIpc) is 2.46. The van der Waals surface area contributed by atoms with Gasteiger partial charge in [0.15, 0.2) is 0 Å². The molecule has 7 heteroatoms. The summed E-state index contributed by atoms with van der Waals surface area (Å²) in [5.41, 5.74) is 0.325. The summed E-state index contributed by atoms with van der Waals surface area (Å²) in [5.74, 6) is -0.264. The number of hydrogen-bond acceptors (Lipinski definition) is 4. The fourth-order valence-electron chi connectivity index (χ4n) is 3.33. The number of ether oxygens (including phenoxy) is 1. The monoisotopic (exact) mass is 328 g/mol. The predicted octanol–water partition coefficient (Wildman–Crippen LogP) is 1.46. The molecule has 0 aromatic heterocycles. The zero-order valence-corrected chi connectivity index (χ0v) is 13.5. The molecule has 1 atom stereocenters. The average molecular weight is 328 g/mol. The topological polar surface area (TPSA) is 49.9 Å². The number of halogens is 1. The molecule has 0 aliphatic carbocycles. The summed E-state index contributed by atoms with van der Waals surface area (Å²) in [6, 6.07) is 6.50. The van der Waals surface area contributed by atoms with Crippen molar-refractivity contribution in [1.29, 1.82) is 0 Å². The van der Waals surface area contributed by atoms with Crippen LogP contribution < -0.4 is 4.90 Å². The lowest BCUT2D eigenvalue weighted by molar-refractivity contribution is -0.0948. The Labute approximate surface area is 130 Å². The van der Waals surface area contributed by atoms with Crippen LogP contribution in [0.1, 0.15) is 12.8 Å². The molecule has 0 amide bonds. The summed E-state index contributed by atoms with van der Waals surface area (Å²) in [6.07, 6.45) is 2.96. The van der Waals surface area contributed by atoms with Crippen LogP contribution >= 0.6 is 0 Å². The highest BCUT2D eigenvalue weighted by Gasteiger charge is 2.42. The van der Waals surface area contributed by atoms with Crippen LogP contribution in [0.25, 0.3) is 0 Å². The molecule has 2 aliphatic rings. The van der Waals surface area contributed by atoms with E-state index in [1.807, 2.05) is 6.07 Å². The molecular weight excluding hydrogens is 307 g/mol. The van der Waals surface area contributed by atoms with E-state index in [2.05, 4.69) is 4.90 Å². The van der Waals surface area contributed by atoms with Crippen molar-refractivity contribution < 1.29 is 17.5 Å². The molecule has 1 aromatic carbocycles. The van der Waals surface area contributed by atoms with Crippen LogP contribution in [0.4, 0.5) is 10.1 Å². The number of nitrogens with zero attached hydrogens (tertiary/aromatic N) is 2. The number of benzene rings is 1. The van der Waals surface area contributed by atoms with Crippen LogP contribution in [0, 0.1) is 5.82 Å². The van der Waals surface area contributed by atoms with Gasteiger partial charge in [-0.2, -0.15) is 4.31 Å². The summed E-state index contributed by atoms with van der Waals surface area (Å²) in [7, 11) is -3.22. The summed E-state index contributed by atoms with van der Waals surface area (Å²) in [4.78, 5) is 2.08. The molecule has 0 unspecified atom stereocenters. The summed E-state index contributed by atoms with van der Waals surface area (Å²) in [6.45, 7) is 2.60. The number of sulfonamides is 1. The number of rotatable bonds is 2. The second-order valence-corrected chi connectivity index (χ2v) is 8.12. The number of hydrogen-bond donors (Lipinski definition) is 0. The summed E-state index contributed by atoms with van der Waals surface area (Å²) in [5, 5.41) is 0. The van der Waals surface area contributed by atoms with Gasteiger partial charge >= 0.3 is 0 Å². The number of anilines is 1. The molecule has 22 heavy (non-hydrogen) atoms. The van der Waals surface area contributed by atoms with E-state index in [1.165, 1.54) is 22.7 Å². The van der Waals surface area contributed by atoms with Gasteiger partial charge in [-0.05, 0) is 31.0 Å². The minimum atomic E-state index is -3.22. The van der Waals surface area contributed by atoms with E-state index in [0.717, 1.165) is 25.1 Å². The maximum absolute atomic E-state index is 13.4. The quantitative estimate of drug-likeness (QED) is 0.825. The van der Waals surface area contributed by atoms with Gasteiger partial charge in [0.1, 0.15) is 5.82 Å². The Morgan fingerprint density at radius 1 is 1.27 bits per heavy atom. The van der Waals surface area contributed by atoms with Crippen molar-refractivity contribution in [2.45, 2.75) is 18.4 Å². The Kier molecular flexibility index (Phi) is 4.13. The maximum atomic E-state index is 13.4. The standard InChI is InChI=1S/C15H21FN2O3S/c1-22(19,20)18-8-9-21-15(12-18)6-3-7-17(11-15)14-5-2-4-13(16)10-14/h2,4-5,10H,3,6-9,11-12H2,1H3/t15-/m1/s1. The van der Waals surface area contributed by atoms with E-state index < -0.39 is 15.6 Å². The van der Waals surface area contributed by atoms with E-state index in [1.54, 1.807) is 6.07 Å². The number of morpholine rings is 1. The molecule has 0 N–H and O–H groups in total. The molecule has 2 aliphatic heterocycles. The Morgan fingerprint density at radius 3 is 2.82 bits per heavy atom. The molecule has 2 fully saturated rings. The third kappa shape index (κ3) is 3.26. The first-order valence-corrected chi connectivity index (χ1v) is 9.32. The fourth-order valence-corrected chi connectivity index (χ4v) is 4.21. The molecule has 5 nitrogen and oxygen atoms in total. The van der Waals surface area contributed by atoms with E-state index in [-0.39, 0.29) is 5.82 Å². The van der Waals surface area contributed by atoms with Crippen LogP contribution in [0.15, 0.2) is 24.3 Å². The molecule has 0 bridgehead atoms. The maximum Gasteiger partial charge on any atom is 0.211 e. The normalized spacial score (nSPS) is 27.3. The van der Waals surface area contributed by atoms with Crippen LogP contribution in [0.2, 0.25) is 0 Å². The highest BCUT2D eigenvalue weighted by Crippen LogP contribution is 2.32. The van der Waals surface area contributed by atoms with Crippen molar-refractivity contribution in [3.8, 4) is 0 Å². The van der Waals surface area contributed by atoms with E-state index >= 15 is 0 Å². The van der Waals surface area contributed by atoms with Gasteiger partial charge < -0.3 is 9.64 Å². The summed E-state index contributed by atoms with van der Waals surface area (Å²) < 4.78 is 44.5. The smallest absolute Gasteiger partial charge is 0.211 e. The molecule has 1 aromatic rings. The molecule has 3 rings (SSSR count). The largest absolute Gasteiger partial charge is 0.370 e. The van der Waals surface area contributed by atoms with Gasteiger partial charge in [-0.3, -0.25) is 0 Å². The third-order valence-electron chi connectivity index (χ3n) is 4.40. The Bertz CT molecular complexity index is 648. The summed E-state index contributed by atoms with van der Waals surface area (Å²) >= 11 is 0. The number of piperidine rings is 1. The van der Waals surface area contributed by atoms with Crippen LogP contribution in [0.3, 0.4) is 0 Å². The van der Waals surface area contributed by atoms with E-state index in [9.17, 15) is 12.8 Å². The minimum absolute atomic E-state index is 0.264. The van der Waals surface area contributed by atoms with Crippen LogP contribution in [-0.4, -0.2) is 57.4 Å². The minimum Gasteiger partial charge on any atom is -0.370 e. The van der Waals surface area contributed by atoms with Gasteiger partial charge in [0.2, 0.25) is 10.0 Å². The second-order valence-electron chi connectivity index (χ2n) is 6.13. The van der Waals surface area contributed by atoms with Gasteiger partial charge in [-0.15, -0.1) is 0 Å². The van der Waals surface area contributed by atoms with Crippen molar-refractivity contribution in [1.82, 2.24) is 4.31 Å². The highest BCUT2D eigenvalue weighted by atomic mass is 32.2. The third-order valence-corrected chi connectivity index (χ3v) is 5.64. The molecule has 0 radical (unpaired) electrons. The first-order valence-electron chi connectivity index (χ1n) is 7.48. The Balaban J connectivity index is 1.80. The molecule has 0 saturated carbocycles. The Morgan fingerprint density at radius 2 is 2.09 bits per heavy atom. The zero-order chi connectivity index (χ0) is 15.8. The van der Waals surface area contributed by atoms with Gasteiger partial charge in [0.05, 0.1) is 18.5 Å². The molecule has 2 saturated heterocycles. The van der Waals surface area contributed by atoms with Crippen molar-refractivity contribution in [3.05, 3.63) is 30.1 Å². The van der Waals surface area contributed by atoms with Crippen molar-refractivity contribution in [2.24, 2.45) is 0 Å². The van der Waals surface area contributed by atoms with Crippen molar-refractivity contribution in [3.63, 3.8) is 0 Å². The first-order chi connectivity index (χ1) is 10.4. The zero-order valence-electron chi connectivity index (χ0n) is 12.7. The van der Waals surface area contributed by atoms with Crippen LogP contribution in [0.5, 0.6) is 0 Å². The fraction of sp³-hybridized carbons (Fsp3) is 0.600. The lowest BCUT2D eigenvalue weighted by Gasteiger charge is -2.48. The predicted molar refractivity (Wildman–Crippen MR) is 82.9 cm³/mol. The van der Waals surface area contributed by atoms with Crippen LogP contribution in [-0.2, 0) is 14.8 Å². The molecular formula is C15H21FN2O3S. The first kappa shape index (κ1) is 15.7. The molecule has 2 heterocycles. The van der Waals surface area contributed by atoms with E-state index in [0.29, 0.717) is 26.2 Å². The van der Waals surface area contributed by atoms with Gasteiger partial charge in [0, 0.05) is 31.9 Å². The van der Waals surface area contributed by atoms with Gasteiger partial charge in [-0.25, -0.2) is 12.8 Å². The lowest BCUT2D eigenvalue weighted by atomic mass is 9.91. The molecule has 1 spiro atoms. The van der Waals surface area contributed by atoms with Gasteiger partial charge in [0.25, 0.3) is 0 Å².